The third kappa shape index (κ3) is 3.36. The predicted octanol–water partition coefficient (Wildman–Crippen LogP) is 2.73. The van der Waals surface area contributed by atoms with E-state index in [2.05, 4.69) is 15.9 Å². The lowest BCUT2D eigenvalue weighted by molar-refractivity contribution is 0.151. The summed E-state index contributed by atoms with van der Waals surface area (Å²) in [6, 6.07) is 5.57. The normalized spacial score (nSPS) is 10.3. The zero-order valence-electron chi connectivity index (χ0n) is 7.59. The number of phenolic OH excluding ortho intramolecular Hbond substituents is 1. The highest BCUT2D eigenvalue weighted by atomic mass is 79.9. The molecule has 0 aromatic heterocycles. The van der Waals surface area contributed by atoms with Crippen LogP contribution in [0.15, 0.2) is 22.7 Å². The van der Waals surface area contributed by atoms with Crippen molar-refractivity contribution in [3.8, 4) is 5.75 Å². The van der Waals surface area contributed by atoms with Crippen molar-refractivity contribution in [1.82, 2.24) is 0 Å². The van der Waals surface area contributed by atoms with Crippen molar-refractivity contribution in [3.63, 3.8) is 0 Å². The highest BCUT2D eigenvalue weighted by molar-refractivity contribution is 9.10. The van der Waals surface area contributed by atoms with E-state index in [1.807, 2.05) is 19.1 Å². The molecule has 3 heteroatoms. The predicted molar refractivity (Wildman–Crippen MR) is 56.0 cm³/mol. The molecule has 1 aromatic carbocycles. The first-order valence-corrected chi connectivity index (χ1v) is 5.08. The van der Waals surface area contributed by atoms with Crippen LogP contribution in [-0.2, 0) is 11.2 Å². The molecule has 1 rings (SSSR count). The molecule has 0 radical (unpaired) electrons. The van der Waals surface area contributed by atoms with Gasteiger partial charge in [0.05, 0.1) is 11.1 Å². The summed E-state index contributed by atoms with van der Waals surface area (Å²) < 4.78 is 5.94. The van der Waals surface area contributed by atoms with Crippen LogP contribution in [0.4, 0.5) is 0 Å². The van der Waals surface area contributed by atoms with Gasteiger partial charge >= 0.3 is 0 Å². The molecule has 72 valence electrons. The lowest BCUT2D eigenvalue weighted by Gasteiger charge is -2.03. The van der Waals surface area contributed by atoms with Crippen LogP contribution in [0, 0.1) is 0 Å². The van der Waals surface area contributed by atoms with Crippen molar-refractivity contribution in [2.45, 2.75) is 13.3 Å². The average molecular weight is 245 g/mol. The Hall–Kier alpha value is -0.540. The van der Waals surface area contributed by atoms with Crippen molar-refractivity contribution < 1.29 is 9.84 Å². The number of halogens is 1. The van der Waals surface area contributed by atoms with Crippen LogP contribution in [-0.4, -0.2) is 18.3 Å². The Morgan fingerprint density at radius 3 is 2.85 bits per heavy atom. The van der Waals surface area contributed by atoms with Gasteiger partial charge in [-0.05, 0) is 47.0 Å². The van der Waals surface area contributed by atoms with Gasteiger partial charge < -0.3 is 9.84 Å². The fraction of sp³-hybridized carbons (Fsp3) is 0.400. The molecule has 0 aliphatic rings. The number of aromatic hydroxyl groups is 1. The van der Waals surface area contributed by atoms with Crippen LogP contribution < -0.4 is 0 Å². The Kier molecular flexibility index (Phi) is 4.25. The first-order valence-electron chi connectivity index (χ1n) is 4.29. The fourth-order valence-corrected chi connectivity index (χ4v) is 1.29. The van der Waals surface area contributed by atoms with E-state index < -0.39 is 0 Å². The standard InChI is InChI=1S/C10H13BrO2/c1-2-13-6-5-8-3-4-9(11)10(12)7-8/h3-4,7,12H,2,5-6H2,1H3. The Labute approximate surface area is 86.7 Å². The smallest absolute Gasteiger partial charge is 0.130 e. The SMILES string of the molecule is CCOCCc1ccc(Br)c(O)c1. The summed E-state index contributed by atoms with van der Waals surface area (Å²) in [5.74, 6) is 0.286. The van der Waals surface area contributed by atoms with E-state index in [1.165, 1.54) is 0 Å². The van der Waals surface area contributed by atoms with Gasteiger partial charge in [0.15, 0.2) is 0 Å². The number of hydrogen-bond acceptors (Lipinski definition) is 2. The molecule has 0 unspecified atom stereocenters. The van der Waals surface area contributed by atoms with Crippen LogP contribution in [0.2, 0.25) is 0 Å². The first-order chi connectivity index (χ1) is 6.24. The summed E-state index contributed by atoms with van der Waals surface area (Å²) in [7, 11) is 0. The second-order valence-corrected chi connectivity index (χ2v) is 3.59. The average Bonchev–Trinajstić information content (AvgIpc) is 2.12. The summed E-state index contributed by atoms with van der Waals surface area (Å²) in [4.78, 5) is 0. The molecule has 0 amide bonds. The fourth-order valence-electron chi connectivity index (χ4n) is 1.05. The summed E-state index contributed by atoms with van der Waals surface area (Å²) in [6.45, 7) is 3.42. The Bertz CT molecular complexity index is 274. The summed E-state index contributed by atoms with van der Waals surface area (Å²) in [6.07, 6.45) is 0.842. The molecule has 0 saturated carbocycles. The van der Waals surface area contributed by atoms with Crippen molar-refractivity contribution in [3.05, 3.63) is 28.2 Å². The van der Waals surface area contributed by atoms with Gasteiger partial charge in [-0.1, -0.05) is 6.07 Å². The zero-order chi connectivity index (χ0) is 9.68. The third-order valence-corrected chi connectivity index (χ3v) is 2.42. The second kappa shape index (κ2) is 5.25. The molecule has 0 atom stereocenters. The molecule has 13 heavy (non-hydrogen) atoms. The highest BCUT2D eigenvalue weighted by Gasteiger charge is 1.99. The third-order valence-electron chi connectivity index (χ3n) is 1.75. The van der Waals surface area contributed by atoms with Gasteiger partial charge in [-0.25, -0.2) is 0 Å². The van der Waals surface area contributed by atoms with Crippen molar-refractivity contribution in [1.29, 1.82) is 0 Å². The van der Waals surface area contributed by atoms with Gasteiger partial charge in [0.25, 0.3) is 0 Å². The second-order valence-electron chi connectivity index (χ2n) is 2.73. The van der Waals surface area contributed by atoms with Gasteiger partial charge in [0, 0.05) is 6.61 Å². The van der Waals surface area contributed by atoms with E-state index in [0.717, 1.165) is 23.1 Å². The minimum Gasteiger partial charge on any atom is -0.507 e. The molecule has 2 nitrogen and oxygen atoms in total. The maximum absolute atomic E-state index is 9.37. The maximum atomic E-state index is 9.37. The molecule has 0 bridgehead atoms. The molecular weight excluding hydrogens is 232 g/mol. The van der Waals surface area contributed by atoms with Crippen LogP contribution in [0.3, 0.4) is 0 Å². The molecular formula is C10H13BrO2. The van der Waals surface area contributed by atoms with E-state index in [0.29, 0.717) is 6.61 Å². The first kappa shape index (κ1) is 10.5. The van der Waals surface area contributed by atoms with E-state index in [-0.39, 0.29) is 5.75 Å². The number of ether oxygens (including phenoxy) is 1. The molecule has 0 heterocycles. The molecule has 0 fully saturated rings. The van der Waals surface area contributed by atoms with E-state index >= 15 is 0 Å². The van der Waals surface area contributed by atoms with Crippen molar-refractivity contribution in [2.24, 2.45) is 0 Å². The molecule has 0 aliphatic heterocycles. The number of rotatable bonds is 4. The Morgan fingerprint density at radius 1 is 1.46 bits per heavy atom. The van der Waals surface area contributed by atoms with Crippen LogP contribution in [0.1, 0.15) is 12.5 Å². The maximum Gasteiger partial charge on any atom is 0.130 e. The molecule has 0 spiro atoms. The molecule has 1 aromatic rings. The van der Waals surface area contributed by atoms with Crippen LogP contribution in [0.5, 0.6) is 5.75 Å². The van der Waals surface area contributed by atoms with E-state index in [1.54, 1.807) is 6.07 Å². The van der Waals surface area contributed by atoms with Crippen LogP contribution >= 0.6 is 15.9 Å². The van der Waals surface area contributed by atoms with Crippen LogP contribution in [0.25, 0.3) is 0 Å². The summed E-state index contributed by atoms with van der Waals surface area (Å²) in [5, 5.41) is 9.37. The van der Waals surface area contributed by atoms with Gasteiger partial charge in [-0.2, -0.15) is 0 Å². The number of hydrogen-bond donors (Lipinski definition) is 1. The number of phenols is 1. The monoisotopic (exact) mass is 244 g/mol. The zero-order valence-corrected chi connectivity index (χ0v) is 9.17. The Balaban J connectivity index is 2.53. The van der Waals surface area contributed by atoms with Gasteiger partial charge in [-0.15, -0.1) is 0 Å². The molecule has 0 aliphatic carbocycles. The largest absolute Gasteiger partial charge is 0.507 e. The summed E-state index contributed by atoms with van der Waals surface area (Å²) >= 11 is 3.23. The molecule has 1 N–H and O–H groups in total. The Morgan fingerprint density at radius 2 is 2.23 bits per heavy atom. The van der Waals surface area contributed by atoms with Gasteiger partial charge in [-0.3, -0.25) is 0 Å². The highest BCUT2D eigenvalue weighted by Crippen LogP contribution is 2.24. The van der Waals surface area contributed by atoms with E-state index in [4.69, 9.17) is 4.74 Å². The lowest BCUT2D eigenvalue weighted by Crippen LogP contribution is -1.97. The van der Waals surface area contributed by atoms with Gasteiger partial charge in [0.1, 0.15) is 5.75 Å². The van der Waals surface area contributed by atoms with Crippen molar-refractivity contribution in [2.75, 3.05) is 13.2 Å². The quantitative estimate of drug-likeness (QED) is 0.826. The van der Waals surface area contributed by atoms with Gasteiger partial charge in [0.2, 0.25) is 0 Å². The lowest BCUT2D eigenvalue weighted by atomic mass is 10.1. The number of benzene rings is 1. The minimum atomic E-state index is 0.286. The summed E-state index contributed by atoms with van der Waals surface area (Å²) in [5.41, 5.74) is 1.09. The van der Waals surface area contributed by atoms with E-state index in [9.17, 15) is 5.11 Å². The topological polar surface area (TPSA) is 29.5 Å². The minimum absolute atomic E-state index is 0.286. The van der Waals surface area contributed by atoms with Crippen molar-refractivity contribution >= 4 is 15.9 Å². The molecule has 0 saturated heterocycles.